The molecule has 0 saturated carbocycles. The molecular weight excluding hydrogens is 769 g/mol. The molecule has 0 N–H and O–H groups in total. The highest BCUT2D eigenvalue weighted by atomic mass is 16.3. The average Bonchev–Trinajstić information content (AvgIpc) is 3.90. The SMILES string of the molecule is Cc1cccc(-c2ccc(-c3nc(-c4ccc5c(c4)oc4cccc(-c6ccc(-c7ccccc7)cc6)c45)nc(-c4cccc5c4c4ccccc4n5-c4ccccc4)n3)cc2)c1. The highest BCUT2D eigenvalue weighted by Gasteiger charge is 2.21. The van der Waals surface area contributed by atoms with Crippen molar-refractivity contribution in [1.29, 1.82) is 0 Å². The van der Waals surface area contributed by atoms with Gasteiger partial charge in [0.1, 0.15) is 11.2 Å². The molecule has 5 nitrogen and oxygen atoms in total. The zero-order valence-corrected chi connectivity index (χ0v) is 34.4. The molecule has 0 aliphatic carbocycles. The van der Waals surface area contributed by atoms with Crippen molar-refractivity contribution in [2.24, 2.45) is 0 Å². The van der Waals surface area contributed by atoms with E-state index >= 15 is 0 Å². The molecule has 296 valence electrons. The maximum atomic E-state index is 6.64. The fourth-order valence-electron chi connectivity index (χ4n) is 9.13. The second kappa shape index (κ2) is 14.9. The smallest absolute Gasteiger partial charge is 0.164 e. The van der Waals surface area contributed by atoms with Crippen molar-refractivity contribution in [3.63, 3.8) is 0 Å². The molecule has 0 atom stereocenters. The van der Waals surface area contributed by atoms with Gasteiger partial charge in [0.25, 0.3) is 0 Å². The minimum atomic E-state index is 0.570. The summed E-state index contributed by atoms with van der Waals surface area (Å²) in [6.07, 6.45) is 0. The van der Waals surface area contributed by atoms with Crippen LogP contribution in [0.25, 0.3) is 117 Å². The number of fused-ring (bicyclic) bond motifs is 6. The Morgan fingerprint density at radius 2 is 0.921 bits per heavy atom. The third-order valence-electron chi connectivity index (χ3n) is 12.1. The van der Waals surface area contributed by atoms with Crippen molar-refractivity contribution in [1.82, 2.24) is 19.5 Å². The van der Waals surface area contributed by atoms with Gasteiger partial charge in [0.15, 0.2) is 17.5 Å². The van der Waals surface area contributed by atoms with E-state index in [1.165, 1.54) is 22.3 Å². The standard InChI is InChI=1S/C58H38N4O/c1-37-13-10-16-43(35-37)40-27-31-42(32-28-40)56-59-57(61-58(60-56)49-21-11-23-51-54(49)47-19-8-9-22-50(47)62(51)45-17-6-3-7-18-45)44-33-34-48-53(36-44)63-52-24-12-20-46(55(48)52)41-29-25-39(26-30-41)38-14-4-2-5-15-38/h2-36H,1H3. The number of nitrogens with zero attached hydrogens (tertiary/aromatic N) is 4. The lowest BCUT2D eigenvalue weighted by Crippen LogP contribution is -2.00. The Kier molecular flexibility index (Phi) is 8.64. The molecule has 0 radical (unpaired) electrons. The zero-order valence-electron chi connectivity index (χ0n) is 34.4. The first-order valence-electron chi connectivity index (χ1n) is 21.3. The van der Waals surface area contributed by atoms with Crippen molar-refractivity contribution >= 4 is 43.7 Å². The topological polar surface area (TPSA) is 56.7 Å². The van der Waals surface area contributed by atoms with E-state index in [2.05, 4.69) is 212 Å². The molecular formula is C58H38N4O. The molecule has 3 aromatic heterocycles. The Balaban J connectivity index is 1.02. The molecule has 9 aromatic carbocycles. The van der Waals surface area contributed by atoms with Crippen molar-refractivity contribution in [3.05, 3.63) is 218 Å². The summed E-state index contributed by atoms with van der Waals surface area (Å²) in [4.78, 5) is 15.8. The number of aryl methyl sites for hydroxylation is 1. The molecule has 0 bridgehead atoms. The van der Waals surface area contributed by atoms with Crippen molar-refractivity contribution in [3.8, 4) is 73.2 Å². The quantitative estimate of drug-likeness (QED) is 0.161. The molecule has 12 rings (SSSR count). The first kappa shape index (κ1) is 36.4. The fourth-order valence-corrected chi connectivity index (χ4v) is 9.13. The predicted molar refractivity (Wildman–Crippen MR) is 259 cm³/mol. The van der Waals surface area contributed by atoms with E-state index in [9.17, 15) is 0 Å². The maximum absolute atomic E-state index is 6.64. The van der Waals surface area contributed by atoms with Crippen molar-refractivity contribution in [2.75, 3.05) is 0 Å². The Morgan fingerprint density at radius 3 is 1.71 bits per heavy atom. The minimum Gasteiger partial charge on any atom is -0.456 e. The van der Waals surface area contributed by atoms with Crippen LogP contribution in [-0.4, -0.2) is 19.5 Å². The van der Waals surface area contributed by atoms with Crippen LogP contribution in [0.3, 0.4) is 0 Å². The molecule has 0 aliphatic rings. The van der Waals surface area contributed by atoms with Gasteiger partial charge in [0.05, 0.1) is 11.0 Å². The molecule has 0 fully saturated rings. The number of furan rings is 1. The predicted octanol–water partition coefficient (Wildman–Crippen LogP) is 15.2. The summed E-state index contributed by atoms with van der Waals surface area (Å²) >= 11 is 0. The number of para-hydroxylation sites is 2. The Labute approximate surface area is 364 Å². The Hall–Kier alpha value is -8.41. The van der Waals surface area contributed by atoms with Gasteiger partial charge in [-0.1, -0.05) is 175 Å². The van der Waals surface area contributed by atoms with Crippen LogP contribution < -0.4 is 0 Å². The molecule has 5 heteroatoms. The molecule has 0 amide bonds. The lowest BCUT2D eigenvalue weighted by molar-refractivity contribution is 0.669. The molecule has 63 heavy (non-hydrogen) atoms. The van der Waals surface area contributed by atoms with E-state index in [0.717, 1.165) is 82.8 Å². The van der Waals surface area contributed by atoms with E-state index in [0.29, 0.717) is 17.5 Å². The number of benzene rings is 9. The van der Waals surface area contributed by atoms with Crippen LogP contribution in [0.2, 0.25) is 0 Å². The summed E-state index contributed by atoms with van der Waals surface area (Å²) in [6.45, 7) is 2.12. The van der Waals surface area contributed by atoms with Gasteiger partial charge in [-0.3, -0.25) is 0 Å². The van der Waals surface area contributed by atoms with Crippen molar-refractivity contribution in [2.45, 2.75) is 6.92 Å². The molecule has 0 spiro atoms. The van der Waals surface area contributed by atoms with E-state index in [4.69, 9.17) is 19.4 Å². The Bertz CT molecular complexity index is 3660. The number of hydrogen-bond acceptors (Lipinski definition) is 4. The van der Waals surface area contributed by atoms with Crippen LogP contribution in [-0.2, 0) is 0 Å². The molecule has 0 saturated heterocycles. The fraction of sp³-hybridized carbons (Fsp3) is 0.0172. The van der Waals surface area contributed by atoms with Gasteiger partial charge in [-0.05, 0) is 82.8 Å². The lowest BCUT2D eigenvalue weighted by Gasteiger charge is -2.11. The third kappa shape index (κ3) is 6.37. The van der Waals surface area contributed by atoms with Gasteiger partial charge in [-0.25, -0.2) is 15.0 Å². The van der Waals surface area contributed by atoms with Gasteiger partial charge in [-0.15, -0.1) is 0 Å². The summed E-state index contributed by atoms with van der Waals surface area (Å²) in [7, 11) is 0. The van der Waals surface area contributed by atoms with Gasteiger partial charge >= 0.3 is 0 Å². The zero-order chi connectivity index (χ0) is 41.9. The number of aromatic nitrogens is 4. The largest absolute Gasteiger partial charge is 0.456 e. The van der Waals surface area contributed by atoms with E-state index in [-0.39, 0.29) is 0 Å². The highest BCUT2D eigenvalue weighted by Crippen LogP contribution is 2.41. The third-order valence-corrected chi connectivity index (χ3v) is 12.1. The summed E-state index contributed by atoms with van der Waals surface area (Å²) in [5.41, 5.74) is 15.8. The van der Waals surface area contributed by atoms with Crippen LogP contribution in [0.5, 0.6) is 0 Å². The van der Waals surface area contributed by atoms with Crippen LogP contribution in [0.4, 0.5) is 0 Å². The van der Waals surface area contributed by atoms with Gasteiger partial charge in [0.2, 0.25) is 0 Å². The maximum Gasteiger partial charge on any atom is 0.164 e. The molecule has 12 aromatic rings. The first-order valence-corrected chi connectivity index (χ1v) is 21.3. The summed E-state index contributed by atoms with van der Waals surface area (Å²) in [5.74, 6) is 1.77. The van der Waals surface area contributed by atoms with Crippen molar-refractivity contribution < 1.29 is 4.42 Å². The van der Waals surface area contributed by atoms with Crippen LogP contribution >= 0.6 is 0 Å². The van der Waals surface area contributed by atoms with Gasteiger partial charge in [-0.2, -0.15) is 0 Å². The van der Waals surface area contributed by atoms with Gasteiger partial charge in [0, 0.05) is 43.9 Å². The molecule has 0 unspecified atom stereocenters. The van der Waals surface area contributed by atoms with Gasteiger partial charge < -0.3 is 8.98 Å². The van der Waals surface area contributed by atoms with Crippen LogP contribution in [0.1, 0.15) is 5.56 Å². The monoisotopic (exact) mass is 806 g/mol. The average molecular weight is 807 g/mol. The van der Waals surface area contributed by atoms with Crippen LogP contribution in [0, 0.1) is 6.92 Å². The molecule has 0 aliphatic heterocycles. The number of hydrogen-bond donors (Lipinski definition) is 0. The lowest BCUT2D eigenvalue weighted by atomic mass is 9.96. The first-order chi connectivity index (χ1) is 31.1. The van der Waals surface area contributed by atoms with E-state index in [1.54, 1.807) is 0 Å². The van der Waals surface area contributed by atoms with Crippen LogP contribution in [0.15, 0.2) is 217 Å². The number of rotatable bonds is 7. The van der Waals surface area contributed by atoms with E-state index in [1.807, 2.05) is 12.1 Å². The summed E-state index contributed by atoms with van der Waals surface area (Å²) in [6, 6.07) is 74.4. The minimum absolute atomic E-state index is 0.570. The van der Waals surface area contributed by atoms with E-state index < -0.39 is 0 Å². The second-order valence-electron chi connectivity index (χ2n) is 16.1. The summed E-state index contributed by atoms with van der Waals surface area (Å²) in [5, 5.41) is 4.34. The summed E-state index contributed by atoms with van der Waals surface area (Å²) < 4.78 is 8.96. The normalized spacial score (nSPS) is 11.6. The Morgan fingerprint density at radius 1 is 0.349 bits per heavy atom. The highest BCUT2D eigenvalue weighted by molar-refractivity contribution is 6.16. The second-order valence-corrected chi connectivity index (χ2v) is 16.1. The molecule has 3 heterocycles.